The van der Waals surface area contributed by atoms with Gasteiger partial charge in [-0.1, -0.05) is 29.8 Å². The molecule has 0 atom stereocenters. The van der Waals surface area contributed by atoms with Gasteiger partial charge >= 0.3 is 0 Å². The number of rotatable bonds is 7. The van der Waals surface area contributed by atoms with E-state index in [9.17, 15) is 4.79 Å². The van der Waals surface area contributed by atoms with Crippen molar-refractivity contribution in [1.82, 2.24) is 4.90 Å². The summed E-state index contributed by atoms with van der Waals surface area (Å²) in [4.78, 5) is 14.1. The standard InChI is InChI=1S/C19H24N2O3/c1-14-8-10-16(11-9-14)20-18(22)13-21(2)12-15-6-5-7-17(23-3)19(15)24-4/h5-11H,12-13H2,1-4H3,(H,20,22). The smallest absolute Gasteiger partial charge is 0.238 e. The first-order valence-electron chi connectivity index (χ1n) is 7.78. The fraction of sp³-hybridized carbons (Fsp3) is 0.316. The number of anilines is 1. The molecule has 128 valence electrons. The predicted octanol–water partition coefficient (Wildman–Crippen LogP) is 3.08. The number of ether oxygens (including phenoxy) is 2. The topological polar surface area (TPSA) is 50.8 Å². The van der Waals surface area contributed by atoms with Crippen LogP contribution in [0.4, 0.5) is 5.69 Å². The van der Waals surface area contributed by atoms with Crippen LogP contribution in [0.5, 0.6) is 11.5 Å². The Hall–Kier alpha value is -2.53. The Morgan fingerprint density at radius 2 is 1.79 bits per heavy atom. The van der Waals surface area contributed by atoms with Gasteiger partial charge in [-0.2, -0.15) is 0 Å². The Balaban J connectivity index is 1.96. The lowest BCUT2D eigenvalue weighted by Crippen LogP contribution is -2.30. The zero-order valence-electron chi connectivity index (χ0n) is 14.6. The maximum atomic E-state index is 12.2. The van der Waals surface area contributed by atoms with Gasteiger partial charge in [0.25, 0.3) is 0 Å². The van der Waals surface area contributed by atoms with Crippen LogP contribution in [0.25, 0.3) is 0 Å². The second-order valence-corrected chi connectivity index (χ2v) is 5.74. The zero-order chi connectivity index (χ0) is 17.5. The van der Waals surface area contributed by atoms with Gasteiger partial charge in [0, 0.05) is 17.8 Å². The van der Waals surface area contributed by atoms with Crippen molar-refractivity contribution in [3.8, 4) is 11.5 Å². The quantitative estimate of drug-likeness (QED) is 0.848. The molecule has 5 nitrogen and oxygen atoms in total. The molecular weight excluding hydrogens is 304 g/mol. The highest BCUT2D eigenvalue weighted by molar-refractivity contribution is 5.92. The van der Waals surface area contributed by atoms with E-state index in [1.54, 1.807) is 14.2 Å². The first-order chi connectivity index (χ1) is 11.5. The van der Waals surface area contributed by atoms with E-state index in [2.05, 4.69) is 5.32 Å². The van der Waals surface area contributed by atoms with Gasteiger partial charge in [0.1, 0.15) is 0 Å². The van der Waals surface area contributed by atoms with Crippen LogP contribution in [0.3, 0.4) is 0 Å². The number of carbonyl (C=O) groups excluding carboxylic acids is 1. The number of methoxy groups -OCH3 is 2. The molecule has 0 unspecified atom stereocenters. The largest absolute Gasteiger partial charge is 0.493 e. The number of benzene rings is 2. The van der Waals surface area contributed by atoms with Crippen LogP contribution in [-0.4, -0.2) is 38.6 Å². The average molecular weight is 328 g/mol. The van der Waals surface area contributed by atoms with Crippen LogP contribution >= 0.6 is 0 Å². The minimum atomic E-state index is -0.0526. The fourth-order valence-electron chi connectivity index (χ4n) is 2.51. The minimum Gasteiger partial charge on any atom is -0.493 e. The van der Waals surface area contributed by atoms with Crippen LogP contribution in [0.15, 0.2) is 42.5 Å². The summed E-state index contributed by atoms with van der Waals surface area (Å²) in [6, 6.07) is 13.5. The van der Waals surface area contributed by atoms with Gasteiger partial charge < -0.3 is 14.8 Å². The third kappa shape index (κ3) is 4.73. The van der Waals surface area contributed by atoms with Gasteiger partial charge in [0.15, 0.2) is 11.5 Å². The lowest BCUT2D eigenvalue weighted by atomic mass is 10.1. The predicted molar refractivity (Wildman–Crippen MR) is 95.7 cm³/mol. The molecule has 0 aliphatic carbocycles. The summed E-state index contributed by atoms with van der Waals surface area (Å²) < 4.78 is 10.7. The SMILES string of the molecule is COc1cccc(CN(C)CC(=O)Nc2ccc(C)cc2)c1OC. The number of hydrogen-bond acceptors (Lipinski definition) is 4. The molecule has 0 spiro atoms. The fourth-order valence-corrected chi connectivity index (χ4v) is 2.51. The zero-order valence-corrected chi connectivity index (χ0v) is 14.6. The normalized spacial score (nSPS) is 10.5. The lowest BCUT2D eigenvalue weighted by molar-refractivity contribution is -0.117. The van der Waals surface area contributed by atoms with Gasteiger partial charge in [-0.05, 0) is 32.2 Å². The number of para-hydroxylation sites is 1. The lowest BCUT2D eigenvalue weighted by Gasteiger charge is -2.19. The molecule has 2 aromatic carbocycles. The van der Waals surface area contributed by atoms with Crippen molar-refractivity contribution < 1.29 is 14.3 Å². The maximum Gasteiger partial charge on any atom is 0.238 e. The summed E-state index contributed by atoms with van der Waals surface area (Å²) in [7, 11) is 5.12. The molecule has 24 heavy (non-hydrogen) atoms. The Kier molecular flexibility index (Phi) is 6.21. The third-order valence-corrected chi connectivity index (χ3v) is 3.67. The van der Waals surface area contributed by atoms with E-state index in [1.807, 2.05) is 61.3 Å². The van der Waals surface area contributed by atoms with Crippen LogP contribution in [-0.2, 0) is 11.3 Å². The summed E-state index contributed by atoms with van der Waals surface area (Å²) in [5.74, 6) is 1.33. The molecule has 0 fully saturated rings. The van der Waals surface area contributed by atoms with Crippen molar-refractivity contribution in [2.24, 2.45) is 0 Å². The molecule has 0 aliphatic heterocycles. The first-order valence-corrected chi connectivity index (χ1v) is 7.78. The molecule has 0 bridgehead atoms. The van der Waals surface area contributed by atoms with Gasteiger partial charge in [-0.15, -0.1) is 0 Å². The summed E-state index contributed by atoms with van der Waals surface area (Å²) in [6.45, 7) is 2.89. The molecule has 0 aliphatic rings. The summed E-state index contributed by atoms with van der Waals surface area (Å²) >= 11 is 0. The van der Waals surface area contributed by atoms with Crippen LogP contribution in [0.1, 0.15) is 11.1 Å². The number of aryl methyl sites for hydroxylation is 1. The highest BCUT2D eigenvalue weighted by Crippen LogP contribution is 2.31. The van der Waals surface area contributed by atoms with E-state index in [0.717, 1.165) is 16.8 Å². The van der Waals surface area contributed by atoms with E-state index in [0.29, 0.717) is 18.0 Å². The molecule has 1 amide bonds. The van der Waals surface area contributed by atoms with Crippen molar-refractivity contribution in [3.05, 3.63) is 53.6 Å². The number of nitrogens with one attached hydrogen (secondary N) is 1. The van der Waals surface area contributed by atoms with E-state index in [1.165, 1.54) is 0 Å². The van der Waals surface area contributed by atoms with Gasteiger partial charge in [-0.25, -0.2) is 0 Å². The summed E-state index contributed by atoms with van der Waals surface area (Å²) in [5, 5.41) is 2.90. The van der Waals surface area contributed by atoms with E-state index >= 15 is 0 Å². The molecule has 0 radical (unpaired) electrons. The minimum absolute atomic E-state index is 0.0526. The first kappa shape index (κ1) is 17.8. The third-order valence-electron chi connectivity index (χ3n) is 3.67. The number of likely N-dealkylation sites (N-methyl/N-ethyl adjacent to an activating group) is 1. The highest BCUT2D eigenvalue weighted by Gasteiger charge is 2.13. The van der Waals surface area contributed by atoms with Crippen LogP contribution in [0.2, 0.25) is 0 Å². The van der Waals surface area contributed by atoms with Gasteiger partial charge in [0.2, 0.25) is 5.91 Å². The van der Waals surface area contributed by atoms with Crippen molar-refractivity contribution in [1.29, 1.82) is 0 Å². The molecular formula is C19H24N2O3. The van der Waals surface area contributed by atoms with E-state index in [-0.39, 0.29) is 12.5 Å². The van der Waals surface area contributed by atoms with Gasteiger partial charge in [0.05, 0.1) is 20.8 Å². The average Bonchev–Trinajstić information content (AvgIpc) is 2.56. The summed E-state index contributed by atoms with van der Waals surface area (Å²) in [5.41, 5.74) is 2.94. The van der Waals surface area contributed by atoms with E-state index < -0.39 is 0 Å². The number of nitrogens with zero attached hydrogens (tertiary/aromatic N) is 1. The Labute approximate surface area is 143 Å². The molecule has 0 saturated carbocycles. The van der Waals surface area contributed by atoms with E-state index in [4.69, 9.17) is 9.47 Å². The molecule has 2 rings (SSSR count). The molecule has 0 aromatic heterocycles. The van der Waals surface area contributed by atoms with Crippen molar-refractivity contribution in [2.45, 2.75) is 13.5 Å². The summed E-state index contributed by atoms with van der Waals surface area (Å²) in [6.07, 6.45) is 0. The van der Waals surface area contributed by atoms with Crippen molar-refractivity contribution in [3.63, 3.8) is 0 Å². The molecule has 0 heterocycles. The van der Waals surface area contributed by atoms with Crippen LogP contribution in [0, 0.1) is 6.92 Å². The monoisotopic (exact) mass is 328 g/mol. The highest BCUT2D eigenvalue weighted by atomic mass is 16.5. The molecule has 1 N–H and O–H groups in total. The Bertz CT molecular complexity index is 684. The van der Waals surface area contributed by atoms with Crippen molar-refractivity contribution >= 4 is 11.6 Å². The van der Waals surface area contributed by atoms with Gasteiger partial charge in [-0.3, -0.25) is 9.69 Å². The second kappa shape index (κ2) is 8.36. The number of carbonyl (C=O) groups is 1. The maximum absolute atomic E-state index is 12.2. The molecule has 0 saturated heterocycles. The second-order valence-electron chi connectivity index (χ2n) is 5.74. The van der Waals surface area contributed by atoms with Crippen LogP contribution < -0.4 is 14.8 Å². The Morgan fingerprint density at radius 3 is 2.42 bits per heavy atom. The number of amides is 1. The Morgan fingerprint density at radius 1 is 1.08 bits per heavy atom. The molecule has 2 aromatic rings. The molecule has 5 heteroatoms. The van der Waals surface area contributed by atoms with Crippen molar-refractivity contribution in [2.75, 3.05) is 33.1 Å². The number of hydrogen-bond donors (Lipinski definition) is 1.